The standard InChI is InChI=1S/C30H30ClNO7/c1-5-38-24-12-8-18(13-20(24)16(3)4)28(35)26-27(17-7-10-23(34)25(14-17)39-6-2)32(30(37)29(26)36)21-15-19(31)9-11-22(21)33/h7-16,27,33-35H,5-6H2,1-4H3/b28-26+. The normalized spacial score (nSPS) is 16.7. The molecule has 1 fully saturated rings. The van der Waals surface area contributed by atoms with Gasteiger partial charge in [-0.05, 0) is 79.4 Å². The number of nitrogens with zero attached hydrogens (tertiary/aromatic N) is 1. The molecule has 8 nitrogen and oxygen atoms in total. The zero-order valence-electron chi connectivity index (χ0n) is 22.1. The van der Waals surface area contributed by atoms with Crippen molar-refractivity contribution in [2.75, 3.05) is 18.1 Å². The fourth-order valence-corrected chi connectivity index (χ4v) is 4.81. The largest absolute Gasteiger partial charge is 0.507 e. The van der Waals surface area contributed by atoms with Crippen LogP contribution in [0.25, 0.3) is 5.76 Å². The fourth-order valence-electron chi connectivity index (χ4n) is 4.65. The lowest BCUT2D eigenvalue weighted by atomic mass is 9.93. The third kappa shape index (κ3) is 5.25. The van der Waals surface area contributed by atoms with Crippen LogP contribution >= 0.6 is 11.6 Å². The van der Waals surface area contributed by atoms with Gasteiger partial charge in [-0.25, -0.2) is 0 Å². The van der Waals surface area contributed by atoms with E-state index in [0.717, 1.165) is 10.5 Å². The third-order valence-corrected chi connectivity index (χ3v) is 6.68. The molecule has 9 heteroatoms. The van der Waals surface area contributed by atoms with Crippen LogP contribution in [0.15, 0.2) is 60.2 Å². The van der Waals surface area contributed by atoms with E-state index in [9.17, 15) is 24.9 Å². The minimum absolute atomic E-state index is 0.00533. The summed E-state index contributed by atoms with van der Waals surface area (Å²) in [5.41, 5.74) is 1.32. The molecule has 3 aromatic rings. The number of anilines is 1. The molecule has 0 saturated carbocycles. The average molecular weight is 552 g/mol. The van der Waals surface area contributed by atoms with Crippen LogP contribution in [0.4, 0.5) is 5.69 Å². The second-order valence-corrected chi connectivity index (χ2v) is 9.74. The molecular formula is C30H30ClNO7. The second kappa shape index (κ2) is 11.3. The van der Waals surface area contributed by atoms with Crippen LogP contribution in [0.2, 0.25) is 5.02 Å². The van der Waals surface area contributed by atoms with Crippen LogP contribution in [-0.2, 0) is 9.59 Å². The number of hydrogen-bond donors (Lipinski definition) is 3. The van der Waals surface area contributed by atoms with Crippen LogP contribution in [0.1, 0.15) is 56.3 Å². The van der Waals surface area contributed by atoms with E-state index in [1.807, 2.05) is 20.8 Å². The Morgan fingerprint density at radius 3 is 2.26 bits per heavy atom. The quantitative estimate of drug-likeness (QED) is 0.171. The predicted octanol–water partition coefficient (Wildman–Crippen LogP) is 6.30. The van der Waals surface area contributed by atoms with Crippen molar-refractivity contribution in [2.45, 2.75) is 39.7 Å². The van der Waals surface area contributed by atoms with E-state index < -0.39 is 23.5 Å². The number of ketones is 1. The lowest BCUT2D eigenvalue weighted by Gasteiger charge is -2.26. The summed E-state index contributed by atoms with van der Waals surface area (Å²) in [5.74, 6) is -1.86. The number of halogens is 1. The first-order valence-corrected chi connectivity index (χ1v) is 13.0. The number of rotatable bonds is 8. The molecule has 1 heterocycles. The molecule has 0 bridgehead atoms. The lowest BCUT2D eigenvalue weighted by molar-refractivity contribution is -0.132. The Labute approximate surface area is 231 Å². The van der Waals surface area contributed by atoms with Crippen molar-refractivity contribution in [1.29, 1.82) is 0 Å². The number of ether oxygens (including phenoxy) is 2. The Kier molecular flexibility index (Phi) is 8.06. The van der Waals surface area contributed by atoms with Gasteiger partial charge in [0.1, 0.15) is 17.3 Å². The monoisotopic (exact) mass is 551 g/mol. The van der Waals surface area contributed by atoms with Gasteiger partial charge in [0.05, 0.1) is 30.5 Å². The van der Waals surface area contributed by atoms with Gasteiger partial charge in [0.2, 0.25) is 0 Å². The highest BCUT2D eigenvalue weighted by atomic mass is 35.5. The van der Waals surface area contributed by atoms with Gasteiger partial charge in [0.25, 0.3) is 11.7 Å². The van der Waals surface area contributed by atoms with Gasteiger partial charge in [-0.2, -0.15) is 0 Å². The zero-order chi connectivity index (χ0) is 28.4. The molecule has 3 N–H and O–H groups in total. The Bertz CT molecular complexity index is 1460. The molecule has 0 spiro atoms. The van der Waals surface area contributed by atoms with Gasteiger partial charge in [0.15, 0.2) is 11.5 Å². The highest BCUT2D eigenvalue weighted by Gasteiger charge is 2.48. The van der Waals surface area contributed by atoms with Gasteiger partial charge < -0.3 is 24.8 Å². The second-order valence-electron chi connectivity index (χ2n) is 9.30. The molecule has 0 radical (unpaired) electrons. The Morgan fingerprint density at radius 1 is 0.923 bits per heavy atom. The maximum absolute atomic E-state index is 13.5. The van der Waals surface area contributed by atoms with Crippen LogP contribution < -0.4 is 14.4 Å². The van der Waals surface area contributed by atoms with E-state index in [-0.39, 0.29) is 46.1 Å². The van der Waals surface area contributed by atoms with Gasteiger partial charge in [-0.3, -0.25) is 14.5 Å². The van der Waals surface area contributed by atoms with Crippen LogP contribution in [0, 0.1) is 0 Å². The maximum atomic E-state index is 13.5. The summed E-state index contributed by atoms with van der Waals surface area (Å²) in [6.07, 6.45) is 0. The number of benzene rings is 3. The van der Waals surface area contributed by atoms with Crippen LogP contribution in [0.3, 0.4) is 0 Å². The van der Waals surface area contributed by atoms with Crippen molar-refractivity contribution in [3.8, 4) is 23.0 Å². The predicted molar refractivity (Wildman–Crippen MR) is 149 cm³/mol. The molecule has 1 aliphatic heterocycles. The Morgan fingerprint density at radius 2 is 1.59 bits per heavy atom. The summed E-state index contributed by atoms with van der Waals surface area (Å²) in [4.78, 5) is 28.1. The molecule has 0 aliphatic carbocycles. The molecule has 1 amide bonds. The summed E-state index contributed by atoms with van der Waals surface area (Å²) >= 11 is 6.18. The number of aliphatic hydroxyl groups is 1. The highest BCUT2D eigenvalue weighted by Crippen LogP contribution is 2.47. The smallest absolute Gasteiger partial charge is 0.300 e. The molecule has 1 aliphatic rings. The highest BCUT2D eigenvalue weighted by molar-refractivity contribution is 6.52. The van der Waals surface area contributed by atoms with Crippen molar-refractivity contribution in [3.05, 3.63) is 81.9 Å². The van der Waals surface area contributed by atoms with Crippen molar-refractivity contribution < 1.29 is 34.4 Å². The van der Waals surface area contributed by atoms with E-state index in [0.29, 0.717) is 23.5 Å². The molecule has 204 valence electrons. The van der Waals surface area contributed by atoms with Crippen molar-refractivity contribution >= 4 is 34.7 Å². The molecule has 1 saturated heterocycles. The van der Waals surface area contributed by atoms with E-state index in [2.05, 4.69) is 0 Å². The van der Waals surface area contributed by atoms with Gasteiger partial charge in [0, 0.05) is 10.6 Å². The van der Waals surface area contributed by atoms with E-state index in [1.165, 1.54) is 36.4 Å². The molecule has 1 atom stereocenters. The van der Waals surface area contributed by atoms with Gasteiger partial charge in [-0.1, -0.05) is 31.5 Å². The van der Waals surface area contributed by atoms with E-state index >= 15 is 0 Å². The summed E-state index contributed by atoms with van der Waals surface area (Å²) in [6.45, 7) is 8.31. The molecular weight excluding hydrogens is 522 g/mol. The topological polar surface area (TPSA) is 117 Å². The number of hydrogen-bond acceptors (Lipinski definition) is 7. The molecule has 39 heavy (non-hydrogen) atoms. The summed E-state index contributed by atoms with van der Waals surface area (Å²) in [6, 6.07) is 12.4. The van der Waals surface area contributed by atoms with Crippen molar-refractivity contribution in [1.82, 2.24) is 0 Å². The Balaban J connectivity index is 1.99. The molecule has 1 unspecified atom stereocenters. The number of amides is 1. The summed E-state index contributed by atoms with van der Waals surface area (Å²) < 4.78 is 11.3. The first kappa shape index (κ1) is 27.9. The number of phenolic OH excluding ortho intramolecular Hbond substituents is 2. The maximum Gasteiger partial charge on any atom is 0.300 e. The zero-order valence-corrected chi connectivity index (χ0v) is 22.8. The van der Waals surface area contributed by atoms with Crippen LogP contribution in [-0.4, -0.2) is 40.2 Å². The summed E-state index contributed by atoms with van der Waals surface area (Å²) in [5, 5.41) is 32.7. The molecule has 0 aromatic heterocycles. The number of phenols is 2. The number of aliphatic hydroxyl groups excluding tert-OH is 1. The summed E-state index contributed by atoms with van der Waals surface area (Å²) in [7, 11) is 0. The Hall–Kier alpha value is -4.17. The SMILES string of the molecule is CCOc1cc(C2/C(=C(\O)c3ccc(OCC)c(C(C)C)c3)C(=O)C(=O)N2c2cc(Cl)ccc2O)ccc1O. The first-order chi connectivity index (χ1) is 18.6. The average Bonchev–Trinajstić information content (AvgIpc) is 3.16. The van der Waals surface area contributed by atoms with Crippen molar-refractivity contribution in [3.63, 3.8) is 0 Å². The minimum atomic E-state index is -1.16. The number of aromatic hydroxyl groups is 2. The number of Topliss-reactive ketones (excluding diaryl/α,β-unsaturated/α-hetero) is 1. The van der Waals surface area contributed by atoms with Gasteiger partial charge in [-0.15, -0.1) is 0 Å². The first-order valence-electron chi connectivity index (χ1n) is 12.6. The molecule has 3 aromatic carbocycles. The fraction of sp³-hybridized carbons (Fsp3) is 0.267. The minimum Gasteiger partial charge on any atom is -0.507 e. The lowest BCUT2D eigenvalue weighted by Crippen LogP contribution is -2.29. The van der Waals surface area contributed by atoms with E-state index in [1.54, 1.807) is 25.1 Å². The third-order valence-electron chi connectivity index (χ3n) is 6.45. The number of carbonyl (C=O) groups is 2. The molecule has 4 rings (SSSR count). The van der Waals surface area contributed by atoms with E-state index in [4.69, 9.17) is 21.1 Å². The number of carbonyl (C=O) groups excluding carboxylic acids is 2. The van der Waals surface area contributed by atoms with Crippen LogP contribution in [0.5, 0.6) is 23.0 Å². The van der Waals surface area contributed by atoms with Gasteiger partial charge >= 0.3 is 0 Å². The van der Waals surface area contributed by atoms with Crippen molar-refractivity contribution in [2.24, 2.45) is 0 Å².